The van der Waals surface area contributed by atoms with Crippen LogP contribution >= 0.6 is 0 Å². The summed E-state index contributed by atoms with van der Waals surface area (Å²) in [7, 11) is 2.23. The summed E-state index contributed by atoms with van der Waals surface area (Å²) in [5, 5.41) is 1.24. The first kappa shape index (κ1) is 16.9. The van der Waals surface area contributed by atoms with Gasteiger partial charge in [0.15, 0.2) is 5.69 Å². The summed E-state index contributed by atoms with van der Waals surface area (Å²) < 4.78 is 0. The number of benzene rings is 2. The zero-order chi connectivity index (χ0) is 17.9. The van der Waals surface area contributed by atoms with E-state index >= 15 is 0 Å². The lowest BCUT2D eigenvalue weighted by Crippen LogP contribution is -2.26. The molecule has 132 valence electrons. The smallest absolute Gasteiger partial charge is 0.187 e. The molecule has 3 heteroatoms. The number of rotatable bonds is 5. The van der Waals surface area contributed by atoms with Crippen LogP contribution in [0.15, 0.2) is 54.7 Å². The van der Waals surface area contributed by atoms with Gasteiger partial charge in [-0.15, -0.1) is 0 Å². The van der Waals surface area contributed by atoms with Crippen LogP contribution in [0.2, 0.25) is 0 Å². The van der Waals surface area contributed by atoms with E-state index in [2.05, 4.69) is 64.4 Å². The zero-order valence-electron chi connectivity index (χ0n) is 15.3. The van der Waals surface area contributed by atoms with Crippen LogP contribution in [0.4, 0.5) is 5.69 Å². The van der Waals surface area contributed by atoms with E-state index in [1.54, 1.807) is 0 Å². The molecule has 1 aliphatic carbocycles. The van der Waals surface area contributed by atoms with Crippen molar-refractivity contribution in [1.82, 2.24) is 9.88 Å². The van der Waals surface area contributed by atoms with Crippen LogP contribution in [-0.2, 0) is 6.54 Å². The molecule has 3 nitrogen and oxygen atoms in total. The molecule has 1 heterocycles. The van der Waals surface area contributed by atoms with Gasteiger partial charge in [0.1, 0.15) is 0 Å². The molecule has 0 spiro atoms. The average Bonchev–Trinajstić information content (AvgIpc) is 3.28. The van der Waals surface area contributed by atoms with Gasteiger partial charge in [0.2, 0.25) is 0 Å². The van der Waals surface area contributed by atoms with Gasteiger partial charge in [-0.3, -0.25) is 0 Å². The Morgan fingerprint density at radius 2 is 2.00 bits per heavy atom. The van der Waals surface area contributed by atoms with Crippen molar-refractivity contribution in [3.63, 3.8) is 0 Å². The molecule has 1 aromatic heterocycles. The molecule has 0 bridgehead atoms. The Hall–Kier alpha value is -2.57. The van der Waals surface area contributed by atoms with Gasteiger partial charge in [0.05, 0.1) is 6.57 Å². The molecule has 26 heavy (non-hydrogen) atoms. The van der Waals surface area contributed by atoms with Crippen molar-refractivity contribution in [3.8, 4) is 0 Å². The highest BCUT2D eigenvalue weighted by Crippen LogP contribution is 2.43. The molecule has 0 aliphatic heterocycles. The molecule has 2 atom stereocenters. The SMILES string of the molecule is [C-]#[N+]c1ccc2[nH]cc(C3CCCC3CN(C)Cc3ccccc3)c2c1. The Labute approximate surface area is 155 Å². The van der Waals surface area contributed by atoms with Gasteiger partial charge in [0, 0.05) is 24.8 Å². The maximum absolute atomic E-state index is 7.30. The minimum Gasteiger partial charge on any atom is -0.361 e. The van der Waals surface area contributed by atoms with Crippen LogP contribution < -0.4 is 0 Å². The van der Waals surface area contributed by atoms with Crippen molar-refractivity contribution in [2.75, 3.05) is 13.6 Å². The standard InChI is InChI=1S/C23H25N3/c1-24-19-11-12-23-21(13-19)22(14-25-23)20-10-6-9-18(20)16-26(2)15-17-7-4-3-5-8-17/h3-5,7-8,11-14,18,20,25H,6,9-10,15-16H2,2H3. The Kier molecular flexibility index (Phi) is 4.77. The second-order valence-corrected chi connectivity index (χ2v) is 7.57. The molecule has 1 N–H and O–H groups in total. The number of aromatic amines is 1. The van der Waals surface area contributed by atoms with Gasteiger partial charge in [-0.25, -0.2) is 4.85 Å². The monoisotopic (exact) mass is 343 g/mol. The lowest BCUT2D eigenvalue weighted by Gasteiger charge is -2.25. The third-order valence-electron chi connectivity index (χ3n) is 5.73. The minimum atomic E-state index is 0.586. The Balaban J connectivity index is 1.52. The normalized spacial score (nSPS) is 19.9. The van der Waals surface area contributed by atoms with Crippen LogP contribution in [0.3, 0.4) is 0 Å². The lowest BCUT2D eigenvalue weighted by atomic mass is 9.88. The molecular weight excluding hydrogens is 318 g/mol. The number of fused-ring (bicyclic) bond motifs is 1. The van der Waals surface area contributed by atoms with E-state index in [1.165, 1.54) is 35.8 Å². The highest BCUT2D eigenvalue weighted by atomic mass is 15.1. The predicted molar refractivity (Wildman–Crippen MR) is 107 cm³/mol. The molecule has 1 saturated carbocycles. The van der Waals surface area contributed by atoms with Gasteiger partial charge >= 0.3 is 0 Å². The molecule has 0 radical (unpaired) electrons. The summed E-state index contributed by atoms with van der Waals surface area (Å²) >= 11 is 0. The minimum absolute atomic E-state index is 0.586. The molecule has 1 aliphatic rings. The second-order valence-electron chi connectivity index (χ2n) is 7.57. The van der Waals surface area contributed by atoms with E-state index in [9.17, 15) is 0 Å². The highest BCUT2D eigenvalue weighted by molar-refractivity contribution is 5.87. The Morgan fingerprint density at radius 3 is 2.81 bits per heavy atom. The summed E-state index contributed by atoms with van der Waals surface area (Å²) in [4.78, 5) is 9.48. The fourth-order valence-electron chi connectivity index (χ4n) is 4.53. The fraction of sp³-hybridized carbons (Fsp3) is 0.348. The van der Waals surface area contributed by atoms with Crippen molar-refractivity contribution < 1.29 is 0 Å². The van der Waals surface area contributed by atoms with Crippen LogP contribution in [0.1, 0.15) is 36.3 Å². The van der Waals surface area contributed by atoms with Crippen LogP contribution in [0.25, 0.3) is 15.7 Å². The maximum atomic E-state index is 7.30. The summed E-state index contributed by atoms with van der Waals surface area (Å²) in [5.74, 6) is 1.27. The molecule has 3 aromatic rings. The molecule has 1 fully saturated rings. The summed E-state index contributed by atoms with van der Waals surface area (Å²) in [6.45, 7) is 9.42. The number of nitrogens with one attached hydrogen (secondary N) is 1. The van der Waals surface area contributed by atoms with E-state index < -0.39 is 0 Å². The van der Waals surface area contributed by atoms with Crippen molar-refractivity contribution in [2.45, 2.75) is 31.7 Å². The van der Waals surface area contributed by atoms with Crippen LogP contribution in [-0.4, -0.2) is 23.5 Å². The first-order chi connectivity index (χ1) is 12.7. The van der Waals surface area contributed by atoms with Crippen molar-refractivity contribution in [1.29, 1.82) is 0 Å². The van der Waals surface area contributed by atoms with E-state index in [1.807, 2.05) is 12.1 Å². The quantitative estimate of drug-likeness (QED) is 0.587. The van der Waals surface area contributed by atoms with Crippen LogP contribution in [0.5, 0.6) is 0 Å². The van der Waals surface area contributed by atoms with E-state index in [4.69, 9.17) is 6.57 Å². The largest absolute Gasteiger partial charge is 0.361 e. The molecule has 0 saturated heterocycles. The van der Waals surface area contributed by atoms with Gasteiger partial charge in [-0.05, 0) is 60.4 Å². The molecule has 0 amide bonds. The summed E-state index contributed by atoms with van der Waals surface area (Å²) in [6.07, 6.45) is 6.01. The third kappa shape index (κ3) is 3.38. The van der Waals surface area contributed by atoms with Gasteiger partial charge in [0.25, 0.3) is 0 Å². The molecular formula is C23H25N3. The Bertz CT molecular complexity index is 920. The topological polar surface area (TPSA) is 23.4 Å². The van der Waals surface area contributed by atoms with E-state index in [-0.39, 0.29) is 0 Å². The highest BCUT2D eigenvalue weighted by Gasteiger charge is 2.31. The van der Waals surface area contributed by atoms with Crippen molar-refractivity contribution in [3.05, 3.63) is 77.3 Å². The van der Waals surface area contributed by atoms with E-state index in [0.29, 0.717) is 11.8 Å². The predicted octanol–water partition coefficient (Wildman–Crippen LogP) is 5.73. The number of nitrogens with zero attached hydrogens (tertiary/aromatic N) is 2. The van der Waals surface area contributed by atoms with Gasteiger partial charge < -0.3 is 9.88 Å². The second kappa shape index (κ2) is 7.35. The number of aromatic nitrogens is 1. The molecule has 2 unspecified atom stereocenters. The maximum Gasteiger partial charge on any atom is 0.187 e. The van der Waals surface area contributed by atoms with Crippen molar-refractivity contribution >= 4 is 16.6 Å². The fourth-order valence-corrected chi connectivity index (χ4v) is 4.53. The first-order valence-corrected chi connectivity index (χ1v) is 9.45. The first-order valence-electron chi connectivity index (χ1n) is 9.45. The summed E-state index contributed by atoms with van der Waals surface area (Å²) in [5.41, 5.74) is 4.66. The van der Waals surface area contributed by atoms with E-state index in [0.717, 1.165) is 24.3 Å². The Morgan fingerprint density at radius 1 is 1.15 bits per heavy atom. The molecule has 4 rings (SSSR count). The van der Waals surface area contributed by atoms with Gasteiger partial charge in [-0.2, -0.15) is 0 Å². The average molecular weight is 343 g/mol. The zero-order valence-corrected chi connectivity index (χ0v) is 15.3. The molecule has 2 aromatic carbocycles. The number of hydrogen-bond donors (Lipinski definition) is 1. The lowest BCUT2D eigenvalue weighted by molar-refractivity contribution is 0.259. The summed E-state index contributed by atoms with van der Waals surface area (Å²) in [6, 6.07) is 16.7. The number of H-pyrrole nitrogens is 1. The van der Waals surface area contributed by atoms with Crippen LogP contribution in [0, 0.1) is 12.5 Å². The number of hydrogen-bond acceptors (Lipinski definition) is 1. The third-order valence-corrected chi connectivity index (χ3v) is 5.73. The van der Waals surface area contributed by atoms with Gasteiger partial charge in [-0.1, -0.05) is 42.8 Å². The van der Waals surface area contributed by atoms with Crippen molar-refractivity contribution in [2.24, 2.45) is 5.92 Å².